The maximum atomic E-state index is 8.63. The molecule has 0 aromatic carbocycles. The summed E-state index contributed by atoms with van der Waals surface area (Å²) in [5.41, 5.74) is 0. The Balaban J connectivity index is 2.56. The van der Waals surface area contributed by atoms with Crippen molar-refractivity contribution in [3.05, 3.63) is 0 Å². The highest BCUT2D eigenvalue weighted by molar-refractivity contribution is 6.25. The highest BCUT2D eigenvalue weighted by Crippen LogP contribution is 2.30. The average Bonchev–Trinajstić information content (AvgIpc) is 1.88. The summed E-state index contributed by atoms with van der Waals surface area (Å²) in [6.07, 6.45) is 1.42. The van der Waals surface area contributed by atoms with Crippen molar-refractivity contribution in [2.45, 2.75) is 30.7 Å². The van der Waals surface area contributed by atoms with E-state index in [0.717, 1.165) is 0 Å². The van der Waals surface area contributed by atoms with E-state index < -0.39 is 4.87 Å². The van der Waals surface area contributed by atoms with E-state index in [1.807, 2.05) is 6.92 Å². The molecule has 1 fully saturated rings. The first-order valence-electron chi connectivity index (χ1n) is 3.38. The topological polar surface area (TPSA) is 33.0 Å². The fraction of sp³-hybridized carbons (Fsp3) is 0.857. The lowest BCUT2D eigenvalue weighted by atomic mass is 9.97. The Labute approximate surface area is 65.7 Å². The van der Waals surface area contributed by atoms with Crippen LogP contribution in [0, 0.1) is 11.3 Å². The summed E-state index contributed by atoms with van der Waals surface area (Å²) in [6, 6.07) is 2.10. The quantitative estimate of drug-likeness (QED) is 0.504. The second-order valence-electron chi connectivity index (χ2n) is 2.71. The van der Waals surface area contributed by atoms with Crippen LogP contribution in [-0.4, -0.2) is 17.6 Å². The van der Waals surface area contributed by atoms with Crippen LogP contribution >= 0.6 is 11.6 Å². The van der Waals surface area contributed by atoms with Crippen molar-refractivity contribution >= 4 is 11.6 Å². The van der Waals surface area contributed by atoms with Gasteiger partial charge in [-0.05, 0) is 6.92 Å². The summed E-state index contributed by atoms with van der Waals surface area (Å²) < 4.78 is 5.24. The Morgan fingerprint density at radius 3 is 2.90 bits per heavy atom. The van der Waals surface area contributed by atoms with Gasteiger partial charge in [0, 0.05) is 19.4 Å². The molecule has 1 aliphatic rings. The van der Waals surface area contributed by atoms with Gasteiger partial charge in [0.05, 0.1) is 12.2 Å². The summed E-state index contributed by atoms with van der Waals surface area (Å²) in [7, 11) is 0. The van der Waals surface area contributed by atoms with Crippen molar-refractivity contribution in [1.82, 2.24) is 0 Å². The van der Waals surface area contributed by atoms with Crippen molar-refractivity contribution < 1.29 is 4.74 Å². The minimum atomic E-state index is -0.655. The normalized spacial score (nSPS) is 40.7. The summed E-state index contributed by atoms with van der Waals surface area (Å²) in [6.45, 7) is 2.55. The first kappa shape index (κ1) is 7.84. The maximum absolute atomic E-state index is 8.63. The summed E-state index contributed by atoms with van der Waals surface area (Å²) in [5, 5.41) is 8.63. The molecule has 0 aromatic rings. The second-order valence-corrected chi connectivity index (χ2v) is 3.44. The molecule has 0 bridgehead atoms. The van der Waals surface area contributed by atoms with Gasteiger partial charge in [0.2, 0.25) is 0 Å². The predicted molar refractivity (Wildman–Crippen MR) is 38.8 cm³/mol. The van der Waals surface area contributed by atoms with Gasteiger partial charge in [0.15, 0.2) is 0 Å². The number of nitrogens with zero attached hydrogens (tertiary/aromatic N) is 1. The molecule has 2 atom stereocenters. The van der Waals surface area contributed by atoms with Crippen LogP contribution in [0.4, 0.5) is 0 Å². The van der Waals surface area contributed by atoms with Crippen LogP contribution in [0.5, 0.6) is 0 Å². The van der Waals surface area contributed by atoms with Gasteiger partial charge in [-0.25, -0.2) is 0 Å². The number of ether oxygens (including phenoxy) is 1. The van der Waals surface area contributed by atoms with Gasteiger partial charge in [-0.2, -0.15) is 5.26 Å². The third-order valence-corrected chi connectivity index (χ3v) is 2.14. The van der Waals surface area contributed by atoms with E-state index in [1.165, 1.54) is 0 Å². The summed E-state index contributed by atoms with van der Waals surface area (Å²) in [4.78, 5) is -0.655. The number of nitriles is 1. The first-order valence-corrected chi connectivity index (χ1v) is 3.76. The van der Waals surface area contributed by atoms with Crippen molar-refractivity contribution in [2.75, 3.05) is 6.61 Å². The molecular weight excluding hydrogens is 150 g/mol. The van der Waals surface area contributed by atoms with Gasteiger partial charge in [-0.15, -0.1) is 11.6 Å². The van der Waals surface area contributed by atoms with Gasteiger partial charge >= 0.3 is 0 Å². The Hall–Kier alpha value is -0.260. The fourth-order valence-electron chi connectivity index (χ4n) is 1.14. The Kier molecular flexibility index (Phi) is 2.18. The Morgan fingerprint density at radius 1 is 1.80 bits per heavy atom. The monoisotopic (exact) mass is 159 g/mol. The van der Waals surface area contributed by atoms with Crippen LogP contribution in [0.2, 0.25) is 0 Å². The van der Waals surface area contributed by atoms with Crippen molar-refractivity contribution in [3.8, 4) is 6.07 Å². The Bertz CT molecular complexity index is 165. The largest absolute Gasteiger partial charge is 0.378 e. The van der Waals surface area contributed by atoms with E-state index in [4.69, 9.17) is 21.6 Å². The molecule has 2 unspecified atom stereocenters. The lowest BCUT2D eigenvalue weighted by Gasteiger charge is -2.28. The minimum Gasteiger partial charge on any atom is -0.378 e. The van der Waals surface area contributed by atoms with Crippen molar-refractivity contribution in [1.29, 1.82) is 5.26 Å². The molecule has 2 nitrogen and oxygen atoms in total. The second kappa shape index (κ2) is 2.77. The maximum Gasteiger partial charge on any atom is 0.135 e. The molecule has 0 spiro atoms. The van der Waals surface area contributed by atoms with Crippen LogP contribution in [-0.2, 0) is 4.74 Å². The number of hydrogen-bond acceptors (Lipinski definition) is 2. The van der Waals surface area contributed by atoms with Crippen LogP contribution in [0.25, 0.3) is 0 Å². The smallest absolute Gasteiger partial charge is 0.135 e. The van der Waals surface area contributed by atoms with E-state index in [0.29, 0.717) is 19.4 Å². The van der Waals surface area contributed by atoms with E-state index in [-0.39, 0.29) is 6.10 Å². The number of hydrogen-bond donors (Lipinski definition) is 0. The van der Waals surface area contributed by atoms with Gasteiger partial charge in [0.25, 0.3) is 0 Å². The molecule has 0 amide bonds. The Morgan fingerprint density at radius 2 is 2.50 bits per heavy atom. The fourth-order valence-corrected chi connectivity index (χ4v) is 1.43. The molecule has 0 aliphatic carbocycles. The summed E-state index contributed by atoms with van der Waals surface area (Å²) >= 11 is 5.91. The molecule has 3 heteroatoms. The van der Waals surface area contributed by atoms with E-state index >= 15 is 0 Å². The minimum absolute atomic E-state index is 0.130. The molecule has 1 heterocycles. The molecule has 56 valence electrons. The zero-order valence-electron chi connectivity index (χ0n) is 5.93. The predicted octanol–water partition coefficient (Wildman–Crippen LogP) is 1.69. The van der Waals surface area contributed by atoms with Gasteiger partial charge in [-0.3, -0.25) is 0 Å². The molecule has 0 aromatic heterocycles. The third kappa shape index (κ3) is 1.62. The van der Waals surface area contributed by atoms with Crippen LogP contribution in [0.1, 0.15) is 19.8 Å². The molecule has 1 saturated heterocycles. The highest BCUT2D eigenvalue weighted by Gasteiger charge is 2.33. The van der Waals surface area contributed by atoms with Crippen molar-refractivity contribution in [3.63, 3.8) is 0 Å². The number of alkyl halides is 1. The van der Waals surface area contributed by atoms with Gasteiger partial charge in [0.1, 0.15) is 4.87 Å². The van der Waals surface area contributed by atoms with Gasteiger partial charge < -0.3 is 4.74 Å². The lowest BCUT2D eigenvalue weighted by Crippen LogP contribution is -2.33. The molecule has 10 heavy (non-hydrogen) atoms. The average molecular weight is 160 g/mol. The highest BCUT2D eigenvalue weighted by atomic mass is 35.5. The zero-order valence-corrected chi connectivity index (χ0v) is 6.69. The number of halogens is 1. The first-order chi connectivity index (χ1) is 4.66. The molecule has 1 aliphatic heterocycles. The SMILES string of the molecule is CC1CC(Cl)(C#N)CCO1. The van der Waals surface area contributed by atoms with Crippen LogP contribution in [0.3, 0.4) is 0 Å². The van der Waals surface area contributed by atoms with E-state index in [1.54, 1.807) is 0 Å². The van der Waals surface area contributed by atoms with Gasteiger partial charge in [-0.1, -0.05) is 0 Å². The number of rotatable bonds is 0. The van der Waals surface area contributed by atoms with E-state index in [2.05, 4.69) is 6.07 Å². The lowest BCUT2D eigenvalue weighted by molar-refractivity contribution is 0.0201. The molecule has 1 rings (SSSR count). The zero-order chi connectivity index (χ0) is 7.61. The molecule has 0 N–H and O–H groups in total. The third-order valence-electron chi connectivity index (χ3n) is 1.71. The standard InChI is InChI=1S/C7H10ClNO/c1-6-4-7(8,5-9)2-3-10-6/h6H,2-4H2,1H3. The van der Waals surface area contributed by atoms with E-state index in [9.17, 15) is 0 Å². The molecule has 0 saturated carbocycles. The molecule has 0 radical (unpaired) electrons. The summed E-state index contributed by atoms with van der Waals surface area (Å²) in [5.74, 6) is 0. The van der Waals surface area contributed by atoms with Crippen LogP contribution in [0.15, 0.2) is 0 Å². The van der Waals surface area contributed by atoms with Crippen molar-refractivity contribution in [2.24, 2.45) is 0 Å². The van der Waals surface area contributed by atoms with Crippen LogP contribution < -0.4 is 0 Å². The molecular formula is C7H10ClNO.